The van der Waals surface area contributed by atoms with Crippen molar-refractivity contribution in [3.05, 3.63) is 0 Å². The summed E-state index contributed by atoms with van der Waals surface area (Å²) in [5.41, 5.74) is 0.231. The first kappa shape index (κ1) is 14.0. The zero-order valence-electron chi connectivity index (χ0n) is 12.1. The highest BCUT2D eigenvalue weighted by molar-refractivity contribution is 4.92. The van der Waals surface area contributed by atoms with Gasteiger partial charge in [-0.3, -0.25) is 0 Å². The van der Waals surface area contributed by atoms with Crippen LogP contribution < -0.4 is 5.32 Å². The number of hydrogen-bond donors (Lipinski definition) is 1. The molecular weight excluding hydrogens is 198 g/mol. The summed E-state index contributed by atoms with van der Waals surface area (Å²) in [7, 11) is 0. The Labute approximate surface area is 101 Å². The Kier molecular flexibility index (Phi) is 4.07. The Morgan fingerprint density at radius 2 is 1.75 bits per heavy atom. The SMILES string of the molecule is CC(CC1CC1OC(C)(C)C)NC(C)(C)C. The topological polar surface area (TPSA) is 21.3 Å². The largest absolute Gasteiger partial charge is 0.372 e. The summed E-state index contributed by atoms with van der Waals surface area (Å²) in [6.07, 6.45) is 2.98. The predicted molar refractivity (Wildman–Crippen MR) is 69.7 cm³/mol. The van der Waals surface area contributed by atoms with Crippen molar-refractivity contribution >= 4 is 0 Å². The third-order valence-electron chi connectivity index (χ3n) is 2.70. The van der Waals surface area contributed by atoms with E-state index in [-0.39, 0.29) is 11.1 Å². The van der Waals surface area contributed by atoms with Gasteiger partial charge in [-0.25, -0.2) is 0 Å². The van der Waals surface area contributed by atoms with Gasteiger partial charge in [-0.2, -0.15) is 0 Å². The standard InChI is InChI=1S/C14H29NO/c1-10(15-13(2,3)4)8-11-9-12(11)16-14(5,6)7/h10-12,15H,8-9H2,1-7H3. The monoisotopic (exact) mass is 227 g/mol. The second-order valence-electron chi connectivity index (χ2n) is 7.30. The first-order valence-corrected chi connectivity index (χ1v) is 6.52. The van der Waals surface area contributed by atoms with Gasteiger partial charge in [0.1, 0.15) is 0 Å². The van der Waals surface area contributed by atoms with Crippen LogP contribution in [-0.2, 0) is 4.74 Å². The van der Waals surface area contributed by atoms with Crippen molar-refractivity contribution in [2.24, 2.45) is 5.92 Å². The lowest BCUT2D eigenvalue weighted by molar-refractivity contribution is -0.0227. The summed E-state index contributed by atoms with van der Waals surface area (Å²) in [6, 6.07) is 0.582. The van der Waals surface area contributed by atoms with Crippen molar-refractivity contribution in [1.82, 2.24) is 5.32 Å². The Balaban J connectivity index is 2.21. The molecule has 3 atom stereocenters. The lowest BCUT2D eigenvalue weighted by atomic mass is 10.0. The second-order valence-corrected chi connectivity index (χ2v) is 7.30. The Hall–Kier alpha value is -0.0800. The zero-order valence-corrected chi connectivity index (χ0v) is 12.1. The van der Waals surface area contributed by atoms with Crippen LogP contribution in [0.1, 0.15) is 61.3 Å². The van der Waals surface area contributed by atoms with Gasteiger partial charge in [0.25, 0.3) is 0 Å². The van der Waals surface area contributed by atoms with E-state index in [0.717, 1.165) is 5.92 Å². The number of nitrogens with one attached hydrogen (secondary N) is 1. The van der Waals surface area contributed by atoms with Crippen LogP contribution in [0, 0.1) is 5.92 Å². The summed E-state index contributed by atoms with van der Waals surface area (Å²) in [5.74, 6) is 0.768. The van der Waals surface area contributed by atoms with Crippen LogP contribution in [0.2, 0.25) is 0 Å². The van der Waals surface area contributed by atoms with E-state index in [1.807, 2.05) is 0 Å². The van der Waals surface area contributed by atoms with Gasteiger partial charge in [0.2, 0.25) is 0 Å². The van der Waals surface area contributed by atoms with Gasteiger partial charge in [-0.15, -0.1) is 0 Å². The fourth-order valence-electron chi connectivity index (χ4n) is 2.32. The number of hydrogen-bond acceptors (Lipinski definition) is 2. The summed E-state index contributed by atoms with van der Waals surface area (Å²) in [6.45, 7) is 15.4. The molecule has 1 rings (SSSR count). The average molecular weight is 227 g/mol. The minimum absolute atomic E-state index is 0.0140. The zero-order chi connectivity index (χ0) is 12.6. The van der Waals surface area contributed by atoms with Crippen molar-refractivity contribution in [2.45, 2.75) is 84.6 Å². The molecule has 2 nitrogen and oxygen atoms in total. The van der Waals surface area contributed by atoms with Gasteiger partial charge in [0, 0.05) is 11.6 Å². The first-order chi connectivity index (χ1) is 7.07. The summed E-state index contributed by atoms with van der Waals surface area (Å²) >= 11 is 0. The van der Waals surface area contributed by atoms with Gasteiger partial charge in [0.05, 0.1) is 11.7 Å². The Morgan fingerprint density at radius 1 is 1.19 bits per heavy atom. The second kappa shape index (κ2) is 4.66. The van der Waals surface area contributed by atoms with Crippen molar-refractivity contribution in [1.29, 1.82) is 0 Å². The van der Waals surface area contributed by atoms with E-state index in [1.54, 1.807) is 0 Å². The van der Waals surface area contributed by atoms with E-state index in [0.29, 0.717) is 12.1 Å². The molecule has 0 aromatic rings. The molecule has 0 radical (unpaired) electrons. The Morgan fingerprint density at radius 3 is 2.19 bits per heavy atom. The number of rotatable bonds is 4. The molecule has 16 heavy (non-hydrogen) atoms. The minimum Gasteiger partial charge on any atom is -0.372 e. The van der Waals surface area contributed by atoms with Crippen molar-refractivity contribution in [3.8, 4) is 0 Å². The van der Waals surface area contributed by atoms with E-state index in [1.165, 1.54) is 12.8 Å². The normalized spacial score (nSPS) is 27.9. The van der Waals surface area contributed by atoms with Crippen LogP contribution >= 0.6 is 0 Å². The molecule has 2 heteroatoms. The quantitative estimate of drug-likeness (QED) is 0.795. The molecule has 96 valence electrons. The maximum Gasteiger partial charge on any atom is 0.0615 e. The third kappa shape index (κ3) is 5.86. The molecule has 1 fully saturated rings. The van der Waals surface area contributed by atoms with Crippen LogP contribution in [0.5, 0.6) is 0 Å². The molecule has 0 aliphatic heterocycles. The van der Waals surface area contributed by atoms with Gasteiger partial charge in [0.15, 0.2) is 0 Å². The fraction of sp³-hybridized carbons (Fsp3) is 1.00. The van der Waals surface area contributed by atoms with Crippen LogP contribution in [0.25, 0.3) is 0 Å². The summed E-state index contributed by atoms with van der Waals surface area (Å²) in [5, 5.41) is 3.62. The molecule has 0 amide bonds. The van der Waals surface area contributed by atoms with Crippen LogP contribution in [0.15, 0.2) is 0 Å². The van der Waals surface area contributed by atoms with Crippen molar-refractivity contribution in [3.63, 3.8) is 0 Å². The molecule has 3 unspecified atom stereocenters. The smallest absolute Gasteiger partial charge is 0.0615 e. The van der Waals surface area contributed by atoms with E-state index in [2.05, 4.69) is 53.8 Å². The summed E-state index contributed by atoms with van der Waals surface area (Å²) in [4.78, 5) is 0. The molecule has 0 heterocycles. The van der Waals surface area contributed by atoms with E-state index in [9.17, 15) is 0 Å². The molecule has 0 saturated heterocycles. The molecule has 0 aromatic carbocycles. The first-order valence-electron chi connectivity index (χ1n) is 6.52. The molecule has 1 saturated carbocycles. The third-order valence-corrected chi connectivity index (χ3v) is 2.70. The Bertz CT molecular complexity index is 224. The molecular formula is C14H29NO. The lowest BCUT2D eigenvalue weighted by Gasteiger charge is -2.26. The maximum atomic E-state index is 5.96. The highest BCUT2D eigenvalue weighted by Crippen LogP contribution is 2.40. The lowest BCUT2D eigenvalue weighted by Crippen LogP contribution is -2.42. The summed E-state index contributed by atoms with van der Waals surface area (Å²) < 4.78 is 5.96. The van der Waals surface area contributed by atoms with E-state index < -0.39 is 0 Å². The van der Waals surface area contributed by atoms with Gasteiger partial charge in [-0.1, -0.05) is 0 Å². The molecule has 1 aliphatic rings. The van der Waals surface area contributed by atoms with Crippen LogP contribution in [0.4, 0.5) is 0 Å². The van der Waals surface area contributed by atoms with Gasteiger partial charge in [-0.05, 0) is 67.2 Å². The fourth-order valence-corrected chi connectivity index (χ4v) is 2.32. The van der Waals surface area contributed by atoms with Crippen LogP contribution in [0.3, 0.4) is 0 Å². The molecule has 1 N–H and O–H groups in total. The number of ether oxygens (including phenoxy) is 1. The maximum absolute atomic E-state index is 5.96. The average Bonchev–Trinajstić information content (AvgIpc) is 2.57. The molecule has 1 aliphatic carbocycles. The minimum atomic E-state index is 0.0140. The highest BCUT2D eigenvalue weighted by atomic mass is 16.5. The van der Waals surface area contributed by atoms with E-state index >= 15 is 0 Å². The highest BCUT2D eigenvalue weighted by Gasteiger charge is 2.41. The predicted octanol–water partition coefficient (Wildman–Crippen LogP) is 3.36. The van der Waals surface area contributed by atoms with Crippen LogP contribution in [-0.4, -0.2) is 23.3 Å². The van der Waals surface area contributed by atoms with Gasteiger partial charge >= 0.3 is 0 Å². The van der Waals surface area contributed by atoms with Crippen molar-refractivity contribution in [2.75, 3.05) is 0 Å². The van der Waals surface area contributed by atoms with E-state index in [4.69, 9.17) is 4.74 Å². The van der Waals surface area contributed by atoms with Gasteiger partial charge < -0.3 is 10.1 Å². The molecule has 0 spiro atoms. The molecule has 0 aromatic heterocycles. The van der Waals surface area contributed by atoms with Crippen molar-refractivity contribution < 1.29 is 4.74 Å². The molecule has 0 bridgehead atoms.